The van der Waals surface area contributed by atoms with Gasteiger partial charge in [-0.2, -0.15) is 4.98 Å². The summed E-state index contributed by atoms with van der Waals surface area (Å²) in [5, 5.41) is 16.7. The lowest BCUT2D eigenvalue weighted by Crippen LogP contribution is -2.31. The summed E-state index contributed by atoms with van der Waals surface area (Å²) >= 11 is 0. The van der Waals surface area contributed by atoms with Gasteiger partial charge in [-0.25, -0.2) is 8.91 Å². The number of rotatable bonds is 4. The molecule has 1 aromatic carbocycles. The third kappa shape index (κ3) is 3.14. The lowest BCUT2D eigenvalue weighted by Gasteiger charge is -2.23. The van der Waals surface area contributed by atoms with Crippen molar-refractivity contribution in [2.45, 2.75) is 45.7 Å². The van der Waals surface area contributed by atoms with Crippen molar-refractivity contribution in [3.8, 4) is 11.1 Å². The molecule has 0 fully saturated rings. The predicted octanol–water partition coefficient (Wildman–Crippen LogP) is 3.42. The Morgan fingerprint density at radius 2 is 2.10 bits per heavy atom. The third-order valence-corrected chi connectivity index (χ3v) is 5.52. The topological polar surface area (TPSA) is 72.9 Å². The molecule has 0 saturated heterocycles. The van der Waals surface area contributed by atoms with Crippen LogP contribution in [0.25, 0.3) is 16.8 Å². The average molecular weight is 391 g/mol. The zero-order chi connectivity index (χ0) is 20.0. The Morgan fingerprint density at radius 1 is 1.21 bits per heavy atom. The van der Waals surface area contributed by atoms with Gasteiger partial charge in [0.1, 0.15) is 17.5 Å². The molecule has 5 rings (SSSR count). The van der Waals surface area contributed by atoms with E-state index in [4.69, 9.17) is 4.98 Å². The maximum Gasteiger partial charge on any atom is 0.243 e. The van der Waals surface area contributed by atoms with Gasteiger partial charge in [-0.3, -0.25) is 0 Å². The second-order valence-corrected chi connectivity index (χ2v) is 7.46. The molecule has 29 heavy (non-hydrogen) atoms. The molecule has 148 valence electrons. The molecular formula is C21H22FN7. The van der Waals surface area contributed by atoms with Crippen LogP contribution in [0, 0.1) is 12.7 Å². The summed E-state index contributed by atoms with van der Waals surface area (Å²) in [5.74, 6) is 2.41. The van der Waals surface area contributed by atoms with E-state index in [0.717, 1.165) is 59.8 Å². The lowest BCUT2D eigenvalue weighted by atomic mass is 10.0. The highest BCUT2D eigenvalue weighted by atomic mass is 19.1. The molecule has 0 aliphatic carbocycles. The zero-order valence-corrected chi connectivity index (χ0v) is 16.4. The zero-order valence-electron chi connectivity index (χ0n) is 16.4. The number of fused-ring (bicyclic) bond motifs is 2. The van der Waals surface area contributed by atoms with E-state index >= 15 is 0 Å². The van der Waals surface area contributed by atoms with Crippen LogP contribution in [0.15, 0.2) is 36.5 Å². The van der Waals surface area contributed by atoms with Gasteiger partial charge in [0.05, 0.1) is 0 Å². The highest BCUT2D eigenvalue weighted by Gasteiger charge is 2.23. The van der Waals surface area contributed by atoms with Crippen LogP contribution in [0.4, 0.5) is 10.3 Å². The smallest absolute Gasteiger partial charge is 0.243 e. The first kappa shape index (κ1) is 17.8. The van der Waals surface area contributed by atoms with Crippen molar-refractivity contribution >= 4 is 11.6 Å². The summed E-state index contributed by atoms with van der Waals surface area (Å²) in [5.41, 5.74) is 3.50. The Balaban J connectivity index is 1.44. The standard InChI is InChI=1S/C21H22FN7/c1-3-18-25-26-19-12-15(8-10-28(18)19)23-21-24-20-17(5-4-9-29(20)27-21)16-7-6-14(22)11-13(16)2/h4-7,9,11,15H,3,8,10,12H2,1-2H3,(H,23,27). The number of hydrogen-bond donors (Lipinski definition) is 1. The van der Waals surface area contributed by atoms with Gasteiger partial charge in [-0.05, 0) is 48.7 Å². The van der Waals surface area contributed by atoms with Crippen molar-refractivity contribution in [3.63, 3.8) is 0 Å². The number of halogens is 1. The third-order valence-electron chi connectivity index (χ3n) is 5.52. The predicted molar refractivity (Wildman–Crippen MR) is 108 cm³/mol. The summed E-state index contributed by atoms with van der Waals surface area (Å²) in [6.45, 7) is 4.90. The van der Waals surface area contributed by atoms with Crippen LogP contribution in [-0.4, -0.2) is 35.4 Å². The maximum absolute atomic E-state index is 13.5. The molecule has 1 N–H and O–H groups in total. The number of benzene rings is 1. The van der Waals surface area contributed by atoms with Crippen molar-refractivity contribution in [3.05, 3.63) is 59.6 Å². The average Bonchev–Trinajstić information content (AvgIpc) is 3.31. The van der Waals surface area contributed by atoms with E-state index in [2.05, 4.69) is 32.1 Å². The number of aryl methyl sites for hydroxylation is 2. The van der Waals surface area contributed by atoms with Gasteiger partial charge >= 0.3 is 0 Å². The van der Waals surface area contributed by atoms with Crippen LogP contribution >= 0.6 is 0 Å². The van der Waals surface area contributed by atoms with E-state index in [1.807, 2.05) is 25.3 Å². The molecule has 0 amide bonds. The largest absolute Gasteiger partial charge is 0.350 e. The first-order valence-electron chi connectivity index (χ1n) is 9.92. The van der Waals surface area contributed by atoms with Crippen LogP contribution in [-0.2, 0) is 19.4 Å². The first-order valence-corrected chi connectivity index (χ1v) is 9.92. The van der Waals surface area contributed by atoms with Crippen molar-refractivity contribution in [2.24, 2.45) is 0 Å². The highest BCUT2D eigenvalue weighted by Crippen LogP contribution is 2.28. The SMILES string of the molecule is CCc1nnc2n1CCC(Nc1nc3c(-c4ccc(F)cc4C)cccn3n1)C2. The number of aromatic nitrogens is 6. The van der Waals surface area contributed by atoms with E-state index in [0.29, 0.717) is 5.95 Å². The van der Waals surface area contributed by atoms with E-state index in [9.17, 15) is 4.39 Å². The Bertz CT molecular complexity index is 1190. The molecule has 7 nitrogen and oxygen atoms in total. The molecule has 0 radical (unpaired) electrons. The summed E-state index contributed by atoms with van der Waals surface area (Å²) in [6.07, 6.45) is 4.54. The van der Waals surface area contributed by atoms with Gasteiger partial charge in [0.2, 0.25) is 5.95 Å². The van der Waals surface area contributed by atoms with Crippen LogP contribution in [0.2, 0.25) is 0 Å². The van der Waals surface area contributed by atoms with Crippen LogP contribution in [0.5, 0.6) is 0 Å². The molecule has 0 spiro atoms. The van der Waals surface area contributed by atoms with Crippen molar-refractivity contribution in [1.82, 2.24) is 29.4 Å². The van der Waals surface area contributed by atoms with E-state index in [-0.39, 0.29) is 11.9 Å². The van der Waals surface area contributed by atoms with Gasteiger partial charge in [0.15, 0.2) is 5.65 Å². The monoisotopic (exact) mass is 391 g/mol. The fourth-order valence-electron chi connectivity index (χ4n) is 4.06. The van der Waals surface area contributed by atoms with Crippen LogP contribution < -0.4 is 5.32 Å². The van der Waals surface area contributed by atoms with Crippen molar-refractivity contribution < 1.29 is 4.39 Å². The minimum absolute atomic E-state index is 0.213. The molecule has 4 aromatic rings. The Morgan fingerprint density at radius 3 is 2.93 bits per heavy atom. The number of hydrogen-bond acceptors (Lipinski definition) is 5. The molecule has 1 unspecified atom stereocenters. The molecule has 0 saturated carbocycles. The quantitative estimate of drug-likeness (QED) is 0.577. The van der Waals surface area contributed by atoms with Crippen molar-refractivity contribution in [1.29, 1.82) is 0 Å². The van der Waals surface area contributed by atoms with Gasteiger partial charge in [0.25, 0.3) is 0 Å². The molecule has 3 aromatic heterocycles. The van der Waals surface area contributed by atoms with Gasteiger partial charge in [0, 0.05) is 37.2 Å². The lowest BCUT2D eigenvalue weighted by molar-refractivity contribution is 0.472. The fourth-order valence-corrected chi connectivity index (χ4v) is 4.06. The minimum atomic E-state index is -0.238. The molecule has 0 bridgehead atoms. The first-order chi connectivity index (χ1) is 14.1. The summed E-state index contributed by atoms with van der Waals surface area (Å²) < 4.78 is 17.5. The van der Waals surface area contributed by atoms with Gasteiger partial charge in [-0.15, -0.1) is 15.3 Å². The summed E-state index contributed by atoms with van der Waals surface area (Å²) in [7, 11) is 0. The second kappa shape index (κ2) is 6.95. The Labute approximate surface area is 167 Å². The Hall–Kier alpha value is -3.29. The van der Waals surface area contributed by atoms with Crippen LogP contribution in [0.1, 0.15) is 30.6 Å². The van der Waals surface area contributed by atoms with E-state index in [1.165, 1.54) is 12.1 Å². The van der Waals surface area contributed by atoms with Gasteiger partial charge < -0.3 is 9.88 Å². The molecule has 1 atom stereocenters. The van der Waals surface area contributed by atoms with E-state index < -0.39 is 0 Å². The molecular weight excluding hydrogens is 369 g/mol. The van der Waals surface area contributed by atoms with Crippen LogP contribution in [0.3, 0.4) is 0 Å². The minimum Gasteiger partial charge on any atom is -0.350 e. The number of pyridine rings is 1. The summed E-state index contributed by atoms with van der Waals surface area (Å²) in [6, 6.07) is 8.94. The normalized spacial score (nSPS) is 16.2. The van der Waals surface area contributed by atoms with Gasteiger partial charge in [-0.1, -0.05) is 13.0 Å². The van der Waals surface area contributed by atoms with Crippen molar-refractivity contribution in [2.75, 3.05) is 5.32 Å². The molecule has 1 aliphatic rings. The maximum atomic E-state index is 13.5. The fraction of sp³-hybridized carbons (Fsp3) is 0.333. The second-order valence-electron chi connectivity index (χ2n) is 7.46. The highest BCUT2D eigenvalue weighted by molar-refractivity contribution is 5.79. The van der Waals surface area contributed by atoms with E-state index in [1.54, 1.807) is 10.6 Å². The number of nitrogens with zero attached hydrogens (tertiary/aromatic N) is 6. The number of nitrogens with one attached hydrogen (secondary N) is 1. The number of anilines is 1. The summed E-state index contributed by atoms with van der Waals surface area (Å²) in [4.78, 5) is 4.73. The Kier molecular flexibility index (Phi) is 4.26. The molecule has 8 heteroatoms. The molecule has 1 aliphatic heterocycles. The molecule has 4 heterocycles.